The number of Topliss-reactive ketones (excluding diaryl/α,β-unsaturated/α-hetero) is 1. The highest BCUT2D eigenvalue weighted by molar-refractivity contribution is 5.81. The summed E-state index contributed by atoms with van der Waals surface area (Å²) in [5.41, 5.74) is 0. The van der Waals surface area contributed by atoms with Crippen molar-refractivity contribution in [2.75, 3.05) is 19.8 Å². The van der Waals surface area contributed by atoms with Crippen LogP contribution >= 0.6 is 0 Å². The number of esters is 2. The Hall–Kier alpha value is -1.69. The number of hydrogen-bond donors (Lipinski definition) is 1. The topological polar surface area (TPSA) is 81.7 Å². The van der Waals surface area contributed by atoms with Crippen LogP contribution in [0.15, 0.2) is 12.2 Å². The fourth-order valence-electron chi connectivity index (χ4n) is 3.45. The molecule has 1 atom stereocenters. The maximum Gasteiger partial charge on any atom is 0.323 e. The van der Waals surface area contributed by atoms with Crippen LogP contribution in [0, 0.1) is 5.92 Å². The Labute approximate surface area is 169 Å². The van der Waals surface area contributed by atoms with Crippen LogP contribution in [-0.2, 0) is 23.9 Å². The number of rotatable bonds is 14. The number of carbonyl (C=O) groups excluding carboxylic acids is 3. The van der Waals surface area contributed by atoms with E-state index in [2.05, 4.69) is 5.32 Å². The Bertz CT molecular complexity index is 497. The summed E-state index contributed by atoms with van der Waals surface area (Å²) in [5, 5.41) is 3.18. The van der Waals surface area contributed by atoms with Crippen LogP contribution in [0.5, 0.6) is 0 Å². The Kier molecular flexibility index (Phi) is 13.3. The van der Waals surface area contributed by atoms with Gasteiger partial charge < -0.3 is 14.8 Å². The molecule has 0 heterocycles. The lowest BCUT2D eigenvalue weighted by atomic mass is 9.85. The summed E-state index contributed by atoms with van der Waals surface area (Å²) in [4.78, 5) is 35.7. The molecule has 1 N–H and O–H groups in total. The van der Waals surface area contributed by atoms with Crippen molar-refractivity contribution in [2.24, 2.45) is 5.92 Å². The molecule has 1 rings (SSSR count). The molecule has 0 saturated heterocycles. The second-order valence-corrected chi connectivity index (χ2v) is 7.21. The zero-order valence-electron chi connectivity index (χ0n) is 17.5. The number of ketones is 1. The average Bonchev–Trinajstić information content (AvgIpc) is 2.70. The summed E-state index contributed by atoms with van der Waals surface area (Å²) in [6.45, 7) is 4.82. The van der Waals surface area contributed by atoms with E-state index < -0.39 is 6.04 Å². The number of nitrogens with one attached hydrogen (secondary N) is 1. The molecule has 1 fully saturated rings. The zero-order chi connectivity index (χ0) is 20.6. The summed E-state index contributed by atoms with van der Waals surface area (Å²) in [5.74, 6) is 0.0496. The van der Waals surface area contributed by atoms with Crippen LogP contribution in [0.4, 0.5) is 0 Å². The third-order valence-electron chi connectivity index (χ3n) is 4.99. The van der Waals surface area contributed by atoms with Gasteiger partial charge in [0.05, 0.1) is 13.2 Å². The first-order chi connectivity index (χ1) is 13.6. The van der Waals surface area contributed by atoms with Gasteiger partial charge >= 0.3 is 11.9 Å². The van der Waals surface area contributed by atoms with Gasteiger partial charge in [-0.2, -0.15) is 0 Å². The second-order valence-electron chi connectivity index (χ2n) is 7.21. The third-order valence-corrected chi connectivity index (χ3v) is 4.99. The van der Waals surface area contributed by atoms with Crippen molar-refractivity contribution in [3.63, 3.8) is 0 Å². The molecule has 6 heteroatoms. The molecule has 160 valence electrons. The predicted molar refractivity (Wildman–Crippen MR) is 109 cm³/mol. The Morgan fingerprint density at radius 3 is 2.39 bits per heavy atom. The zero-order valence-corrected chi connectivity index (χ0v) is 17.5. The van der Waals surface area contributed by atoms with E-state index in [0.29, 0.717) is 44.8 Å². The Balaban J connectivity index is 2.32. The molecule has 1 saturated carbocycles. The molecule has 0 bridgehead atoms. The number of allylic oxidation sites excluding steroid dienone is 1. The molecule has 28 heavy (non-hydrogen) atoms. The average molecular weight is 396 g/mol. The van der Waals surface area contributed by atoms with Crippen molar-refractivity contribution in [3.8, 4) is 0 Å². The van der Waals surface area contributed by atoms with Crippen LogP contribution in [-0.4, -0.2) is 43.5 Å². The van der Waals surface area contributed by atoms with Crippen LogP contribution in [0.2, 0.25) is 0 Å². The minimum Gasteiger partial charge on any atom is -0.466 e. The monoisotopic (exact) mass is 395 g/mol. The highest BCUT2D eigenvalue weighted by Gasteiger charge is 2.22. The van der Waals surface area contributed by atoms with E-state index in [9.17, 15) is 14.4 Å². The van der Waals surface area contributed by atoms with Gasteiger partial charge in [0.25, 0.3) is 0 Å². The lowest BCUT2D eigenvalue weighted by Gasteiger charge is -2.21. The van der Waals surface area contributed by atoms with E-state index in [1.54, 1.807) is 13.8 Å². The van der Waals surface area contributed by atoms with E-state index in [-0.39, 0.29) is 17.9 Å². The van der Waals surface area contributed by atoms with Crippen molar-refractivity contribution in [3.05, 3.63) is 12.2 Å². The van der Waals surface area contributed by atoms with Crippen molar-refractivity contribution in [1.82, 2.24) is 5.32 Å². The largest absolute Gasteiger partial charge is 0.466 e. The van der Waals surface area contributed by atoms with Gasteiger partial charge in [-0.3, -0.25) is 14.4 Å². The Morgan fingerprint density at radius 2 is 1.71 bits per heavy atom. The van der Waals surface area contributed by atoms with Gasteiger partial charge in [0.1, 0.15) is 11.8 Å². The summed E-state index contributed by atoms with van der Waals surface area (Å²) in [6.07, 6.45) is 12.3. The lowest BCUT2D eigenvalue weighted by Crippen LogP contribution is -2.39. The van der Waals surface area contributed by atoms with E-state index in [1.165, 1.54) is 6.42 Å². The van der Waals surface area contributed by atoms with Crippen LogP contribution in [0.3, 0.4) is 0 Å². The molecule has 0 radical (unpaired) electrons. The SMILES string of the molecule is CCOC(=O)CCC/C=C\CC(NCCC(=O)C1CCCCC1)C(=O)OCC. The summed E-state index contributed by atoms with van der Waals surface area (Å²) in [7, 11) is 0. The minimum atomic E-state index is -0.444. The first-order valence-corrected chi connectivity index (χ1v) is 10.8. The molecule has 0 aromatic rings. The van der Waals surface area contributed by atoms with Crippen molar-refractivity contribution < 1.29 is 23.9 Å². The first kappa shape index (κ1) is 24.3. The molecule has 0 spiro atoms. The number of ether oxygens (including phenoxy) is 2. The summed E-state index contributed by atoms with van der Waals surface area (Å²) < 4.78 is 10.0. The first-order valence-electron chi connectivity index (χ1n) is 10.8. The molecule has 0 aliphatic heterocycles. The molecule has 0 amide bonds. The van der Waals surface area contributed by atoms with Crippen LogP contribution in [0.25, 0.3) is 0 Å². The molecule has 1 aliphatic carbocycles. The minimum absolute atomic E-state index is 0.176. The summed E-state index contributed by atoms with van der Waals surface area (Å²) in [6, 6.07) is -0.444. The van der Waals surface area contributed by atoms with Gasteiger partial charge in [0.2, 0.25) is 0 Å². The molecule has 6 nitrogen and oxygen atoms in total. The van der Waals surface area contributed by atoms with E-state index in [1.807, 2.05) is 12.2 Å². The van der Waals surface area contributed by atoms with Gasteiger partial charge in [0, 0.05) is 25.3 Å². The van der Waals surface area contributed by atoms with Gasteiger partial charge in [0.15, 0.2) is 0 Å². The molecule has 0 aromatic carbocycles. The van der Waals surface area contributed by atoms with Gasteiger partial charge in [-0.15, -0.1) is 0 Å². The molecular formula is C22H37NO5. The van der Waals surface area contributed by atoms with E-state index in [4.69, 9.17) is 9.47 Å². The number of carbonyl (C=O) groups is 3. The van der Waals surface area contributed by atoms with Crippen molar-refractivity contribution >= 4 is 17.7 Å². The maximum absolute atomic E-state index is 12.3. The third kappa shape index (κ3) is 10.6. The number of hydrogen-bond acceptors (Lipinski definition) is 6. The lowest BCUT2D eigenvalue weighted by molar-refractivity contribution is -0.146. The normalized spacial score (nSPS) is 16.1. The Morgan fingerprint density at radius 1 is 1.00 bits per heavy atom. The van der Waals surface area contributed by atoms with Gasteiger partial charge in [-0.1, -0.05) is 31.4 Å². The number of unbranched alkanes of at least 4 members (excludes halogenated alkanes) is 1. The molecular weight excluding hydrogens is 358 g/mol. The molecule has 0 aromatic heterocycles. The highest BCUT2D eigenvalue weighted by Crippen LogP contribution is 2.25. The quantitative estimate of drug-likeness (QED) is 0.274. The van der Waals surface area contributed by atoms with E-state index >= 15 is 0 Å². The fourth-order valence-corrected chi connectivity index (χ4v) is 3.45. The molecule has 1 unspecified atom stereocenters. The smallest absolute Gasteiger partial charge is 0.323 e. The molecule has 1 aliphatic rings. The second kappa shape index (κ2) is 15.3. The van der Waals surface area contributed by atoms with E-state index in [0.717, 1.165) is 38.5 Å². The van der Waals surface area contributed by atoms with Gasteiger partial charge in [-0.05, 0) is 46.0 Å². The summed E-state index contributed by atoms with van der Waals surface area (Å²) >= 11 is 0. The standard InChI is InChI=1S/C22H37NO5/c1-3-27-21(25)15-11-6-5-10-14-19(22(26)28-4-2)23-17-16-20(24)18-12-8-7-9-13-18/h5,10,18-19,23H,3-4,6-9,11-17H2,1-2H3/b10-5-. The van der Waals surface area contributed by atoms with Crippen LogP contribution < -0.4 is 5.32 Å². The maximum atomic E-state index is 12.3. The van der Waals surface area contributed by atoms with Crippen molar-refractivity contribution in [2.45, 2.75) is 84.1 Å². The fraction of sp³-hybridized carbons (Fsp3) is 0.773. The predicted octanol–water partition coefficient (Wildman–Crippen LogP) is 3.73. The van der Waals surface area contributed by atoms with Gasteiger partial charge in [-0.25, -0.2) is 0 Å². The van der Waals surface area contributed by atoms with Crippen LogP contribution in [0.1, 0.15) is 78.1 Å². The highest BCUT2D eigenvalue weighted by atomic mass is 16.5. The van der Waals surface area contributed by atoms with Crippen molar-refractivity contribution in [1.29, 1.82) is 0 Å².